The molecule has 0 spiro atoms. The number of non-ortho nitro benzene ring substituents is 1. The first kappa shape index (κ1) is 18.1. The third-order valence-corrected chi connectivity index (χ3v) is 3.54. The van der Waals surface area contributed by atoms with Gasteiger partial charge >= 0.3 is 0 Å². The lowest BCUT2D eigenvalue weighted by Gasteiger charge is -1.99. The Morgan fingerprint density at radius 1 is 1.04 bits per heavy atom. The van der Waals surface area contributed by atoms with E-state index in [1.807, 2.05) is 6.08 Å². The van der Waals surface area contributed by atoms with Crippen molar-refractivity contribution in [2.24, 2.45) is 20.9 Å². The SMILES string of the molecule is NOOc1ccc(N=CC2=CCC(C=Nc3ccc([N+](=O)[O-])cc3)=N2)cc1. The Morgan fingerprint density at radius 2 is 1.67 bits per heavy atom. The summed E-state index contributed by atoms with van der Waals surface area (Å²) in [4.78, 5) is 32.0. The van der Waals surface area contributed by atoms with Gasteiger partial charge < -0.3 is 4.89 Å². The highest BCUT2D eigenvalue weighted by Crippen LogP contribution is 2.20. The molecule has 27 heavy (non-hydrogen) atoms. The van der Waals surface area contributed by atoms with Crippen LogP contribution in [-0.4, -0.2) is 23.1 Å². The summed E-state index contributed by atoms with van der Waals surface area (Å²) in [6, 6.07) is 12.8. The lowest BCUT2D eigenvalue weighted by Crippen LogP contribution is -2.02. The van der Waals surface area contributed by atoms with E-state index in [9.17, 15) is 10.1 Å². The number of nitro benzene ring substituents is 1. The van der Waals surface area contributed by atoms with Gasteiger partial charge in [0.2, 0.25) is 0 Å². The molecule has 9 nitrogen and oxygen atoms in total. The average Bonchev–Trinajstić information content (AvgIpc) is 3.14. The molecule has 0 radical (unpaired) electrons. The molecule has 0 atom stereocenters. The fourth-order valence-electron chi connectivity index (χ4n) is 2.22. The van der Waals surface area contributed by atoms with Gasteiger partial charge in [0.15, 0.2) is 5.75 Å². The zero-order chi connectivity index (χ0) is 19.1. The average molecular weight is 365 g/mol. The second kappa shape index (κ2) is 8.61. The third-order valence-electron chi connectivity index (χ3n) is 3.54. The fraction of sp³-hybridized carbons (Fsp3) is 0.0556. The summed E-state index contributed by atoms with van der Waals surface area (Å²) >= 11 is 0. The Balaban J connectivity index is 1.59. The fourth-order valence-corrected chi connectivity index (χ4v) is 2.22. The van der Waals surface area contributed by atoms with Crippen LogP contribution in [0, 0.1) is 10.1 Å². The normalized spacial score (nSPS) is 13.8. The van der Waals surface area contributed by atoms with Crippen LogP contribution in [0.1, 0.15) is 6.42 Å². The second-order valence-electron chi connectivity index (χ2n) is 5.40. The highest BCUT2D eigenvalue weighted by molar-refractivity contribution is 6.33. The minimum atomic E-state index is -0.448. The molecular formula is C18H15N5O4. The molecule has 2 aromatic carbocycles. The van der Waals surface area contributed by atoms with Gasteiger partial charge in [0.25, 0.3) is 5.69 Å². The number of nitrogens with zero attached hydrogens (tertiary/aromatic N) is 4. The molecule has 0 saturated heterocycles. The number of hydrogen-bond donors (Lipinski definition) is 1. The van der Waals surface area contributed by atoms with Crippen LogP contribution in [0.15, 0.2) is 75.3 Å². The lowest BCUT2D eigenvalue weighted by atomic mass is 10.3. The molecule has 0 amide bonds. The van der Waals surface area contributed by atoms with E-state index in [2.05, 4.69) is 24.9 Å². The summed E-state index contributed by atoms with van der Waals surface area (Å²) in [5.41, 5.74) is 2.88. The van der Waals surface area contributed by atoms with Crippen molar-refractivity contribution in [1.82, 2.24) is 0 Å². The van der Waals surface area contributed by atoms with Gasteiger partial charge in [0, 0.05) is 24.8 Å². The van der Waals surface area contributed by atoms with Gasteiger partial charge in [-0.3, -0.25) is 25.1 Å². The Bertz CT molecular complexity index is 931. The molecule has 9 heteroatoms. The van der Waals surface area contributed by atoms with Gasteiger partial charge in [-0.05, 0) is 36.4 Å². The van der Waals surface area contributed by atoms with Crippen LogP contribution in [0.4, 0.5) is 17.1 Å². The molecular weight excluding hydrogens is 350 g/mol. The van der Waals surface area contributed by atoms with Crippen molar-refractivity contribution in [3.05, 3.63) is 70.4 Å². The standard InChI is InChI=1S/C18H15N5O4/c19-27-26-18-9-5-14(6-10-18)21-12-16-2-1-15(22-16)11-20-13-3-7-17(8-4-13)23(24)25/h2-12H,1,19H2. The second-order valence-corrected chi connectivity index (χ2v) is 5.40. The van der Waals surface area contributed by atoms with Crippen molar-refractivity contribution in [3.63, 3.8) is 0 Å². The molecule has 1 aliphatic heterocycles. The first-order valence-corrected chi connectivity index (χ1v) is 7.88. The van der Waals surface area contributed by atoms with Gasteiger partial charge in [-0.15, -0.1) is 0 Å². The molecule has 0 aromatic heterocycles. The molecule has 3 rings (SSSR count). The zero-order valence-electron chi connectivity index (χ0n) is 14.1. The summed E-state index contributed by atoms with van der Waals surface area (Å²) in [5.74, 6) is 5.29. The largest absolute Gasteiger partial charge is 0.320 e. The number of benzene rings is 2. The van der Waals surface area contributed by atoms with Gasteiger partial charge in [-0.1, -0.05) is 11.1 Å². The number of rotatable bonds is 7. The van der Waals surface area contributed by atoms with Crippen molar-refractivity contribution in [3.8, 4) is 5.75 Å². The van der Waals surface area contributed by atoms with E-state index in [1.165, 1.54) is 12.1 Å². The molecule has 0 bridgehead atoms. The Kier molecular flexibility index (Phi) is 5.77. The van der Waals surface area contributed by atoms with E-state index >= 15 is 0 Å². The maximum atomic E-state index is 10.6. The maximum absolute atomic E-state index is 10.6. The van der Waals surface area contributed by atoms with Crippen molar-refractivity contribution < 1.29 is 14.8 Å². The molecule has 0 fully saturated rings. The van der Waals surface area contributed by atoms with Crippen LogP contribution in [-0.2, 0) is 4.99 Å². The van der Waals surface area contributed by atoms with E-state index in [0.717, 1.165) is 17.1 Å². The Labute approximate surface area is 154 Å². The summed E-state index contributed by atoms with van der Waals surface area (Å²) in [7, 11) is 0. The highest BCUT2D eigenvalue weighted by Gasteiger charge is 2.06. The van der Waals surface area contributed by atoms with Gasteiger partial charge in [-0.25, -0.2) is 0 Å². The third kappa shape index (κ3) is 5.14. The maximum Gasteiger partial charge on any atom is 0.269 e. The molecule has 2 aromatic rings. The predicted octanol–water partition coefficient (Wildman–Crippen LogP) is 3.61. The molecule has 1 heterocycles. The summed E-state index contributed by atoms with van der Waals surface area (Å²) in [6.07, 6.45) is 5.86. The molecule has 0 aliphatic carbocycles. The minimum Gasteiger partial charge on any atom is -0.320 e. The monoisotopic (exact) mass is 365 g/mol. The van der Waals surface area contributed by atoms with Crippen molar-refractivity contribution >= 4 is 35.2 Å². The van der Waals surface area contributed by atoms with Crippen LogP contribution in [0.3, 0.4) is 0 Å². The quantitative estimate of drug-likeness (QED) is 0.347. The first-order chi connectivity index (χ1) is 13.1. The number of allylic oxidation sites excluding steroid dienone is 2. The van der Waals surface area contributed by atoms with Crippen LogP contribution < -0.4 is 10.8 Å². The predicted molar refractivity (Wildman–Crippen MR) is 102 cm³/mol. The molecule has 136 valence electrons. The first-order valence-electron chi connectivity index (χ1n) is 7.88. The van der Waals surface area contributed by atoms with Gasteiger partial charge in [0.05, 0.1) is 33.9 Å². The highest BCUT2D eigenvalue weighted by atomic mass is 17.3. The summed E-state index contributed by atoms with van der Waals surface area (Å²) < 4.78 is 0. The van der Waals surface area contributed by atoms with Crippen molar-refractivity contribution in [2.45, 2.75) is 6.42 Å². The van der Waals surface area contributed by atoms with Gasteiger partial charge in [0.1, 0.15) is 0 Å². The lowest BCUT2D eigenvalue weighted by molar-refractivity contribution is -0.384. The van der Waals surface area contributed by atoms with E-state index in [1.54, 1.807) is 48.8 Å². The molecule has 0 unspecified atom stereocenters. The number of hydrogen-bond acceptors (Lipinski definition) is 8. The molecule has 2 N–H and O–H groups in total. The van der Waals surface area contributed by atoms with E-state index < -0.39 is 4.92 Å². The molecule has 0 saturated carbocycles. The van der Waals surface area contributed by atoms with Crippen LogP contribution in [0.25, 0.3) is 0 Å². The van der Waals surface area contributed by atoms with Crippen molar-refractivity contribution in [2.75, 3.05) is 0 Å². The van der Waals surface area contributed by atoms with Crippen LogP contribution in [0.5, 0.6) is 5.75 Å². The van der Waals surface area contributed by atoms with E-state index in [0.29, 0.717) is 17.9 Å². The van der Waals surface area contributed by atoms with Crippen LogP contribution >= 0.6 is 0 Å². The number of aliphatic imine (C=N–C) groups is 3. The van der Waals surface area contributed by atoms with Gasteiger partial charge in [-0.2, -0.15) is 5.90 Å². The zero-order valence-corrected chi connectivity index (χ0v) is 14.1. The minimum absolute atomic E-state index is 0.0301. The Hall–Kier alpha value is -3.69. The summed E-state index contributed by atoms with van der Waals surface area (Å²) in [5, 5.41) is 10.6. The Morgan fingerprint density at radius 3 is 2.30 bits per heavy atom. The van der Waals surface area contributed by atoms with E-state index in [-0.39, 0.29) is 5.69 Å². The van der Waals surface area contributed by atoms with Crippen LogP contribution in [0.2, 0.25) is 0 Å². The summed E-state index contributed by atoms with van der Waals surface area (Å²) in [6.45, 7) is 0. The molecule has 1 aliphatic rings. The van der Waals surface area contributed by atoms with E-state index in [4.69, 9.17) is 5.90 Å². The smallest absolute Gasteiger partial charge is 0.269 e. The number of nitro groups is 1. The topological polar surface area (TPSA) is 125 Å². The number of nitrogens with two attached hydrogens (primary N) is 1. The van der Waals surface area contributed by atoms with Crippen molar-refractivity contribution in [1.29, 1.82) is 0 Å².